The lowest BCUT2D eigenvalue weighted by atomic mass is 10.3. The molecular weight excluding hydrogens is 174 g/mol. The number of nitro groups is 1. The van der Waals surface area contributed by atoms with Crippen LogP contribution in [0.1, 0.15) is 5.69 Å². The first kappa shape index (κ1) is 8.93. The average Bonchev–Trinajstić information content (AvgIpc) is 2.16. The normalized spacial score (nSPS) is 8.92. The fourth-order valence-corrected chi connectivity index (χ4v) is 0.759. The summed E-state index contributed by atoms with van der Waals surface area (Å²) in [6.07, 6.45) is 0. The molecule has 0 saturated heterocycles. The van der Waals surface area contributed by atoms with E-state index in [-0.39, 0.29) is 17.3 Å². The standard InChI is InChI=1S/C7H5N3O3/c1-13-7-3-6(10(11)12)2-5(4-8)9-7/h2-3H,1H3. The number of nitrogens with zero attached hydrogens (tertiary/aromatic N) is 3. The number of rotatable bonds is 2. The Balaban J connectivity index is 3.24. The lowest BCUT2D eigenvalue weighted by Gasteiger charge is -1.97. The molecule has 0 aliphatic rings. The average molecular weight is 179 g/mol. The van der Waals surface area contributed by atoms with Crippen LogP contribution in [-0.2, 0) is 0 Å². The van der Waals surface area contributed by atoms with Crippen LogP contribution >= 0.6 is 0 Å². The summed E-state index contributed by atoms with van der Waals surface area (Å²) in [5.74, 6) is 0.0609. The molecule has 1 aromatic heterocycles. The van der Waals surface area contributed by atoms with Gasteiger partial charge >= 0.3 is 0 Å². The van der Waals surface area contributed by atoms with Gasteiger partial charge in [-0.05, 0) is 0 Å². The van der Waals surface area contributed by atoms with Crippen LogP contribution in [0.3, 0.4) is 0 Å². The Bertz CT molecular complexity index is 383. The highest BCUT2D eigenvalue weighted by atomic mass is 16.6. The third-order valence-electron chi connectivity index (χ3n) is 1.32. The van der Waals surface area contributed by atoms with Gasteiger partial charge in [0.2, 0.25) is 5.88 Å². The number of pyridine rings is 1. The van der Waals surface area contributed by atoms with E-state index >= 15 is 0 Å². The van der Waals surface area contributed by atoms with E-state index in [1.54, 1.807) is 6.07 Å². The number of ether oxygens (including phenoxy) is 1. The van der Waals surface area contributed by atoms with Gasteiger partial charge in [-0.15, -0.1) is 0 Å². The number of hydrogen-bond acceptors (Lipinski definition) is 5. The fraction of sp³-hybridized carbons (Fsp3) is 0.143. The summed E-state index contributed by atoms with van der Waals surface area (Å²) >= 11 is 0. The maximum atomic E-state index is 10.4. The van der Waals surface area contributed by atoms with Gasteiger partial charge in [0.1, 0.15) is 6.07 Å². The summed E-state index contributed by atoms with van der Waals surface area (Å²) in [7, 11) is 1.33. The molecule has 6 heteroatoms. The number of nitriles is 1. The monoisotopic (exact) mass is 179 g/mol. The molecule has 0 N–H and O–H groups in total. The Morgan fingerprint density at radius 1 is 1.69 bits per heavy atom. The van der Waals surface area contributed by atoms with Crippen LogP contribution in [0, 0.1) is 21.4 Å². The molecule has 1 heterocycles. The Kier molecular flexibility index (Phi) is 2.40. The molecule has 0 aliphatic heterocycles. The van der Waals surface area contributed by atoms with Gasteiger partial charge in [-0.2, -0.15) is 5.26 Å². The van der Waals surface area contributed by atoms with Crippen molar-refractivity contribution in [1.82, 2.24) is 4.98 Å². The number of hydrogen-bond donors (Lipinski definition) is 0. The molecule has 0 bridgehead atoms. The van der Waals surface area contributed by atoms with Crippen molar-refractivity contribution in [3.05, 3.63) is 27.9 Å². The second kappa shape index (κ2) is 3.49. The van der Waals surface area contributed by atoms with E-state index in [2.05, 4.69) is 9.72 Å². The van der Waals surface area contributed by atoms with Crippen LogP contribution in [0.5, 0.6) is 5.88 Å². The van der Waals surface area contributed by atoms with E-state index in [0.29, 0.717) is 0 Å². The minimum Gasteiger partial charge on any atom is -0.481 e. The zero-order chi connectivity index (χ0) is 9.84. The van der Waals surface area contributed by atoms with Crippen molar-refractivity contribution in [1.29, 1.82) is 5.26 Å². The van der Waals surface area contributed by atoms with Crippen LogP contribution in [0.25, 0.3) is 0 Å². The first-order valence-electron chi connectivity index (χ1n) is 3.28. The lowest BCUT2D eigenvalue weighted by molar-refractivity contribution is -0.385. The molecule has 13 heavy (non-hydrogen) atoms. The van der Waals surface area contributed by atoms with Gasteiger partial charge in [0.15, 0.2) is 5.69 Å². The van der Waals surface area contributed by atoms with Crippen molar-refractivity contribution in [2.45, 2.75) is 0 Å². The Morgan fingerprint density at radius 2 is 2.38 bits per heavy atom. The topological polar surface area (TPSA) is 89.0 Å². The van der Waals surface area contributed by atoms with E-state index in [1.807, 2.05) is 0 Å². The SMILES string of the molecule is COc1cc([N+](=O)[O-])cc(C#N)n1. The third kappa shape index (κ3) is 1.90. The predicted molar refractivity (Wildman–Crippen MR) is 42.2 cm³/mol. The van der Waals surface area contributed by atoms with Gasteiger partial charge in [-0.25, -0.2) is 4.98 Å². The smallest absolute Gasteiger partial charge is 0.277 e. The van der Waals surface area contributed by atoms with E-state index in [1.165, 1.54) is 7.11 Å². The third-order valence-corrected chi connectivity index (χ3v) is 1.32. The second-order valence-electron chi connectivity index (χ2n) is 2.12. The molecule has 0 spiro atoms. The molecule has 0 saturated carbocycles. The van der Waals surface area contributed by atoms with Crippen molar-refractivity contribution in [3.8, 4) is 11.9 Å². The first-order chi connectivity index (χ1) is 6.17. The van der Waals surface area contributed by atoms with Gasteiger partial charge in [0.05, 0.1) is 24.2 Å². The van der Waals surface area contributed by atoms with Crippen molar-refractivity contribution in [3.63, 3.8) is 0 Å². The molecule has 6 nitrogen and oxygen atoms in total. The van der Waals surface area contributed by atoms with E-state index < -0.39 is 4.92 Å². The van der Waals surface area contributed by atoms with Crippen LogP contribution in [0.15, 0.2) is 12.1 Å². The summed E-state index contributed by atoms with van der Waals surface area (Å²) in [5, 5.41) is 18.8. The molecule has 66 valence electrons. The van der Waals surface area contributed by atoms with Gasteiger partial charge in [0, 0.05) is 0 Å². The zero-order valence-corrected chi connectivity index (χ0v) is 6.72. The minimum atomic E-state index is -0.606. The highest BCUT2D eigenvalue weighted by molar-refractivity contribution is 5.40. The molecule has 0 atom stereocenters. The molecule has 1 rings (SSSR count). The molecule has 0 amide bonds. The summed E-state index contributed by atoms with van der Waals surface area (Å²) in [5.41, 5.74) is -0.241. The van der Waals surface area contributed by atoms with Gasteiger partial charge < -0.3 is 4.74 Å². The van der Waals surface area contributed by atoms with E-state index in [4.69, 9.17) is 5.26 Å². The van der Waals surface area contributed by atoms with E-state index in [0.717, 1.165) is 12.1 Å². The maximum absolute atomic E-state index is 10.4. The molecular formula is C7H5N3O3. The summed E-state index contributed by atoms with van der Waals surface area (Å²) in [6, 6.07) is 3.94. The number of aromatic nitrogens is 1. The predicted octanol–water partition coefficient (Wildman–Crippen LogP) is 0.870. The molecule has 0 radical (unpaired) electrons. The minimum absolute atomic E-state index is 0.0361. The molecule has 0 aromatic carbocycles. The second-order valence-corrected chi connectivity index (χ2v) is 2.12. The van der Waals surface area contributed by atoms with E-state index in [9.17, 15) is 10.1 Å². The van der Waals surface area contributed by atoms with Crippen molar-refractivity contribution in [2.75, 3.05) is 7.11 Å². The lowest BCUT2D eigenvalue weighted by Crippen LogP contribution is -1.94. The first-order valence-corrected chi connectivity index (χ1v) is 3.28. The van der Waals surface area contributed by atoms with Gasteiger partial charge in [0.25, 0.3) is 5.69 Å². The summed E-state index contributed by atoms with van der Waals surface area (Å²) in [4.78, 5) is 13.4. The van der Waals surface area contributed by atoms with Crippen LogP contribution in [-0.4, -0.2) is 17.0 Å². The van der Waals surface area contributed by atoms with Gasteiger partial charge in [-0.3, -0.25) is 10.1 Å². The summed E-state index contributed by atoms with van der Waals surface area (Å²) < 4.78 is 4.68. The Hall–Kier alpha value is -2.16. The largest absolute Gasteiger partial charge is 0.481 e. The fourth-order valence-electron chi connectivity index (χ4n) is 0.759. The van der Waals surface area contributed by atoms with Gasteiger partial charge in [-0.1, -0.05) is 0 Å². The quantitative estimate of drug-likeness (QED) is 0.496. The number of methoxy groups -OCH3 is 1. The Labute approximate surface area is 73.5 Å². The summed E-state index contributed by atoms with van der Waals surface area (Å²) in [6.45, 7) is 0. The molecule has 0 unspecified atom stereocenters. The molecule has 0 aliphatic carbocycles. The van der Waals surface area contributed by atoms with Crippen LogP contribution in [0.2, 0.25) is 0 Å². The highest BCUT2D eigenvalue weighted by Crippen LogP contribution is 2.18. The van der Waals surface area contributed by atoms with Crippen molar-refractivity contribution < 1.29 is 9.66 Å². The zero-order valence-electron chi connectivity index (χ0n) is 6.72. The van der Waals surface area contributed by atoms with Crippen molar-refractivity contribution >= 4 is 5.69 Å². The molecule has 0 fully saturated rings. The van der Waals surface area contributed by atoms with Crippen molar-refractivity contribution in [2.24, 2.45) is 0 Å². The van der Waals surface area contributed by atoms with Crippen LogP contribution < -0.4 is 4.74 Å². The highest BCUT2D eigenvalue weighted by Gasteiger charge is 2.10. The maximum Gasteiger partial charge on any atom is 0.277 e. The van der Waals surface area contributed by atoms with Crippen LogP contribution in [0.4, 0.5) is 5.69 Å². The Morgan fingerprint density at radius 3 is 2.85 bits per heavy atom. The molecule has 1 aromatic rings.